The fraction of sp³-hybridized carbons (Fsp3) is 0.600. The van der Waals surface area contributed by atoms with Gasteiger partial charge >= 0.3 is 0 Å². The molecule has 0 unspecified atom stereocenters. The first-order valence-electron chi connectivity index (χ1n) is 7.30. The van der Waals surface area contributed by atoms with Crippen molar-refractivity contribution in [2.75, 3.05) is 20.1 Å². The summed E-state index contributed by atoms with van der Waals surface area (Å²) in [5.41, 5.74) is 0. The number of thiophene rings is 1. The maximum atomic E-state index is 12.6. The Hall–Kier alpha value is -0.690. The van der Waals surface area contributed by atoms with Crippen LogP contribution in [0.3, 0.4) is 0 Å². The maximum Gasteiger partial charge on any atom is 0.243 e. The van der Waals surface area contributed by atoms with Crippen LogP contribution >= 0.6 is 11.3 Å². The Morgan fingerprint density at radius 1 is 1.48 bits per heavy atom. The van der Waals surface area contributed by atoms with E-state index in [0.29, 0.717) is 11.4 Å². The Kier molecular flexibility index (Phi) is 7.59. The first-order valence-corrected chi connectivity index (χ1v) is 9.56. The van der Waals surface area contributed by atoms with Crippen LogP contribution in [0.25, 0.3) is 0 Å². The largest absolute Gasteiger partial charge is 0.312 e. The van der Waals surface area contributed by atoms with Gasteiger partial charge in [-0.3, -0.25) is 0 Å². The van der Waals surface area contributed by atoms with Gasteiger partial charge in [0.1, 0.15) is 0 Å². The minimum atomic E-state index is -3.38. The molecule has 0 fully saturated rings. The predicted molar refractivity (Wildman–Crippen MR) is 90.3 cm³/mol. The zero-order valence-corrected chi connectivity index (χ0v) is 14.8. The average Bonchev–Trinajstić information content (AvgIpc) is 2.81. The molecule has 0 saturated heterocycles. The molecular weight excluding hydrogens is 304 g/mol. The van der Waals surface area contributed by atoms with E-state index >= 15 is 0 Å². The third-order valence-electron chi connectivity index (χ3n) is 3.22. The molecule has 0 bridgehead atoms. The lowest BCUT2D eigenvalue weighted by Gasteiger charge is -2.16. The SMILES string of the molecule is C=CCCCN(C)S(=O)(=O)c1cc(CNCCC)sc1C. The fourth-order valence-corrected chi connectivity index (χ4v) is 4.78. The highest BCUT2D eigenvalue weighted by Gasteiger charge is 2.24. The quantitative estimate of drug-likeness (QED) is 0.529. The van der Waals surface area contributed by atoms with Crippen molar-refractivity contribution in [3.63, 3.8) is 0 Å². The Morgan fingerprint density at radius 2 is 2.19 bits per heavy atom. The molecular formula is C15H26N2O2S2. The van der Waals surface area contributed by atoms with Gasteiger partial charge in [-0.05, 0) is 38.8 Å². The van der Waals surface area contributed by atoms with Crippen LogP contribution in [-0.4, -0.2) is 32.9 Å². The minimum absolute atomic E-state index is 0.446. The van der Waals surface area contributed by atoms with Crippen LogP contribution in [0.4, 0.5) is 0 Å². The molecule has 1 rings (SSSR count). The van der Waals surface area contributed by atoms with Crippen molar-refractivity contribution in [3.8, 4) is 0 Å². The summed E-state index contributed by atoms with van der Waals surface area (Å²) in [4.78, 5) is 2.37. The third-order valence-corrected chi connectivity index (χ3v) is 6.38. The lowest BCUT2D eigenvalue weighted by Crippen LogP contribution is -2.28. The Balaban J connectivity index is 2.80. The van der Waals surface area contributed by atoms with E-state index in [1.807, 2.05) is 19.1 Å². The topological polar surface area (TPSA) is 49.4 Å². The molecule has 6 heteroatoms. The van der Waals surface area contributed by atoms with Crippen molar-refractivity contribution >= 4 is 21.4 Å². The van der Waals surface area contributed by atoms with Gasteiger partial charge < -0.3 is 5.32 Å². The molecule has 0 saturated carbocycles. The highest BCUT2D eigenvalue weighted by molar-refractivity contribution is 7.89. The van der Waals surface area contributed by atoms with Crippen LogP contribution < -0.4 is 5.32 Å². The summed E-state index contributed by atoms with van der Waals surface area (Å²) in [7, 11) is -1.73. The number of aryl methyl sites for hydroxylation is 1. The van der Waals surface area contributed by atoms with E-state index in [-0.39, 0.29) is 0 Å². The van der Waals surface area contributed by atoms with Crippen LogP contribution in [0, 0.1) is 6.92 Å². The second kappa shape index (κ2) is 8.68. The van der Waals surface area contributed by atoms with Gasteiger partial charge in [-0.15, -0.1) is 17.9 Å². The zero-order chi connectivity index (χ0) is 15.9. The highest BCUT2D eigenvalue weighted by Crippen LogP contribution is 2.27. The Morgan fingerprint density at radius 3 is 2.81 bits per heavy atom. The van der Waals surface area contributed by atoms with E-state index in [2.05, 4.69) is 18.8 Å². The smallest absolute Gasteiger partial charge is 0.243 e. The number of hydrogen-bond acceptors (Lipinski definition) is 4. The van der Waals surface area contributed by atoms with Crippen molar-refractivity contribution in [1.29, 1.82) is 0 Å². The van der Waals surface area contributed by atoms with E-state index < -0.39 is 10.0 Å². The van der Waals surface area contributed by atoms with Crippen molar-refractivity contribution in [2.45, 2.75) is 44.6 Å². The maximum absolute atomic E-state index is 12.6. The minimum Gasteiger partial charge on any atom is -0.312 e. The van der Waals surface area contributed by atoms with Gasteiger partial charge in [0.25, 0.3) is 0 Å². The molecule has 4 nitrogen and oxygen atoms in total. The highest BCUT2D eigenvalue weighted by atomic mass is 32.2. The normalized spacial score (nSPS) is 12.0. The van der Waals surface area contributed by atoms with Gasteiger partial charge in [0.15, 0.2) is 0 Å². The van der Waals surface area contributed by atoms with Crippen molar-refractivity contribution < 1.29 is 8.42 Å². The van der Waals surface area contributed by atoms with E-state index in [1.54, 1.807) is 18.4 Å². The lowest BCUT2D eigenvalue weighted by atomic mass is 10.3. The standard InChI is InChI=1S/C15H26N2O2S2/c1-5-7-8-10-17(4)21(18,19)15-11-14(20-13(15)3)12-16-9-6-2/h5,11,16H,1,6-10,12H2,2-4H3. The molecule has 0 aliphatic heterocycles. The number of nitrogens with one attached hydrogen (secondary N) is 1. The number of sulfonamides is 1. The number of unbranched alkanes of at least 4 members (excludes halogenated alkanes) is 1. The molecule has 1 aromatic heterocycles. The van der Waals surface area contributed by atoms with Crippen LogP contribution in [0.15, 0.2) is 23.6 Å². The molecule has 0 atom stereocenters. The average molecular weight is 331 g/mol. The molecule has 1 aromatic rings. The van der Waals surface area contributed by atoms with E-state index in [4.69, 9.17) is 0 Å². The van der Waals surface area contributed by atoms with E-state index in [9.17, 15) is 8.42 Å². The molecule has 0 spiro atoms. The monoisotopic (exact) mass is 330 g/mol. The van der Waals surface area contributed by atoms with Crippen LogP contribution in [0.5, 0.6) is 0 Å². The van der Waals surface area contributed by atoms with E-state index in [0.717, 1.165) is 42.1 Å². The molecule has 120 valence electrons. The summed E-state index contributed by atoms with van der Waals surface area (Å²) in [6, 6.07) is 1.81. The molecule has 21 heavy (non-hydrogen) atoms. The van der Waals surface area contributed by atoms with Crippen LogP contribution in [-0.2, 0) is 16.6 Å². The summed E-state index contributed by atoms with van der Waals surface area (Å²) in [5, 5.41) is 3.31. The van der Waals surface area contributed by atoms with Gasteiger partial charge in [0.2, 0.25) is 10.0 Å². The molecule has 0 amide bonds. The first-order chi connectivity index (χ1) is 9.93. The van der Waals surface area contributed by atoms with Gasteiger partial charge in [-0.2, -0.15) is 0 Å². The van der Waals surface area contributed by atoms with E-state index in [1.165, 1.54) is 4.31 Å². The molecule has 0 aromatic carbocycles. The lowest BCUT2D eigenvalue weighted by molar-refractivity contribution is 0.462. The number of allylic oxidation sites excluding steroid dienone is 1. The summed E-state index contributed by atoms with van der Waals surface area (Å²) in [5.74, 6) is 0. The zero-order valence-electron chi connectivity index (χ0n) is 13.2. The van der Waals surface area contributed by atoms with Gasteiger partial charge in [0, 0.05) is 29.9 Å². The van der Waals surface area contributed by atoms with Crippen molar-refractivity contribution in [2.24, 2.45) is 0 Å². The number of hydrogen-bond donors (Lipinski definition) is 1. The predicted octanol–water partition coefficient (Wildman–Crippen LogP) is 3.14. The molecule has 1 N–H and O–H groups in total. The Bertz CT molecular complexity index is 550. The number of rotatable bonds is 10. The first kappa shape index (κ1) is 18.4. The van der Waals surface area contributed by atoms with Crippen LogP contribution in [0.1, 0.15) is 35.9 Å². The fourth-order valence-electron chi connectivity index (χ4n) is 2.00. The van der Waals surface area contributed by atoms with Gasteiger partial charge in [0.05, 0.1) is 4.90 Å². The molecule has 0 aliphatic rings. The second-order valence-electron chi connectivity index (χ2n) is 5.07. The van der Waals surface area contributed by atoms with Crippen molar-refractivity contribution in [3.05, 3.63) is 28.5 Å². The third kappa shape index (κ3) is 5.21. The Labute approximate surface area is 132 Å². The van der Waals surface area contributed by atoms with Gasteiger partial charge in [-0.25, -0.2) is 12.7 Å². The van der Waals surface area contributed by atoms with Crippen molar-refractivity contribution in [1.82, 2.24) is 9.62 Å². The molecule has 0 aliphatic carbocycles. The second-order valence-corrected chi connectivity index (χ2v) is 8.42. The summed E-state index contributed by atoms with van der Waals surface area (Å²) < 4.78 is 26.6. The summed E-state index contributed by atoms with van der Waals surface area (Å²) in [6.45, 7) is 9.84. The van der Waals surface area contributed by atoms with Gasteiger partial charge in [-0.1, -0.05) is 13.0 Å². The summed E-state index contributed by atoms with van der Waals surface area (Å²) in [6.07, 6.45) is 4.51. The molecule has 0 radical (unpaired) electrons. The number of nitrogens with zero attached hydrogens (tertiary/aromatic N) is 1. The summed E-state index contributed by atoms with van der Waals surface area (Å²) >= 11 is 1.55. The van der Waals surface area contributed by atoms with Crippen LogP contribution in [0.2, 0.25) is 0 Å². The molecule has 1 heterocycles.